The second-order valence-electron chi connectivity index (χ2n) is 6.01. The van der Waals surface area contributed by atoms with Crippen LogP contribution in [0.5, 0.6) is 11.5 Å². The van der Waals surface area contributed by atoms with Gasteiger partial charge in [0, 0.05) is 24.3 Å². The largest absolute Gasteiger partial charge is 0.494 e. The maximum Gasteiger partial charge on any atom is 0.269 e. The molecule has 0 atom stereocenters. The highest BCUT2D eigenvalue weighted by Crippen LogP contribution is 2.41. The highest BCUT2D eigenvalue weighted by molar-refractivity contribution is 5.85. The van der Waals surface area contributed by atoms with E-state index in [4.69, 9.17) is 20.9 Å². The Hall–Kier alpha value is -4.32. The smallest absolute Gasteiger partial charge is 0.269 e. The molecule has 0 aliphatic heterocycles. The molecule has 2 aromatic carbocycles. The van der Waals surface area contributed by atoms with E-state index in [1.807, 2.05) is 0 Å². The van der Waals surface area contributed by atoms with Gasteiger partial charge in [0.25, 0.3) is 5.69 Å². The van der Waals surface area contributed by atoms with Crippen molar-refractivity contribution in [3.63, 3.8) is 0 Å². The summed E-state index contributed by atoms with van der Waals surface area (Å²) in [6, 6.07) is 12.0. The van der Waals surface area contributed by atoms with E-state index < -0.39 is 4.92 Å². The Morgan fingerprint density at radius 2 is 1.38 bits per heavy atom. The summed E-state index contributed by atoms with van der Waals surface area (Å²) in [5.74, 6) is 1.15. The maximum absolute atomic E-state index is 10.7. The van der Waals surface area contributed by atoms with Crippen LogP contribution in [0.1, 0.15) is 0 Å². The second-order valence-corrected chi connectivity index (χ2v) is 6.01. The topological polar surface area (TPSA) is 176 Å². The lowest BCUT2D eigenvalue weighted by molar-refractivity contribution is -0.384. The summed E-state index contributed by atoms with van der Waals surface area (Å²) in [5, 5.41) is 27.2. The van der Waals surface area contributed by atoms with Crippen LogP contribution in [0, 0.1) is 10.1 Å². The fraction of sp³-hybridized carbons (Fsp3) is 0.105. The van der Waals surface area contributed by atoms with Gasteiger partial charge in [-0.3, -0.25) is 10.1 Å². The first-order chi connectivity index (χ1) is 14.9. The number of halogens is 1. The van der Waals surface area contributed by atoms with Crippen LogP contribution in [0.25, 0.3) is 0 Å². The van der Waals surface area contributed by atoms with E-state index in [2.05, 4.69) is 25.4 Å². The SMILES string of the molecule is COc1cc(N=Nc2ccc(N)nc2N)c(OC)cc1N=Nc1ccc([N+](=O)[O-])cc1.Cl. The molecule has 0 amide bonds. The van der Waals surface area contributed by atoms with Gasteiger partial charge < -0.3 is 20.9 Å². The number of aromatic nitrogens is 1. The van der Waals surface area contributed by atoms with Crippen molar-refractivity contribution in [3.05, 3.63) is 58.6 Å². The molecule has 3 rings (SSSR count). The molecule has 0 radical (unpaired) electrons. The van der Waals surface area contributed by atoms with Crippen molar-refractivity contribution in [2.45, 2.75) is 0 Å². The molecule has 4 N–H and O–H groups in total. The second kappa shape index (κ2) is 10.6. The zero-order valence-corrected chi connectivity index (χ0v) is 17.8. The average Bonchev–Trinajstić information content (AvgIpc) is 2.77. The van der Waals surface area contributed by atoms with Gasteiger partial charge in [-0.05, 0) is 24.3 Å². The fourth-order valence-electron chi connectivity index (χ4n) is 2.45. The zero-order chi connectivity index (χ0) is 22.4. The third-order valence-electron chi connectivity index (χ3n) is 4.00. The van der Waals surface area contributed by atoms with Gasteiger partial charge >= 0.3 is 0 Å². The maximum atomic E-state index is 10.7. The summed E-state index contributed by atoms with van der Waals surface area (Å²) < 4.78 is 10.7. The minimum absolute atomic E-state index is 0. The number of pyridine rings is 1. The number of non-ortho nitro benzene ring substituents is 1. The molecule has 0 aliphatic rings. The summed E-state index contributed by atoms with van der Waals surface area (Å²) in [6.45, 7) is 0. The van der Waals surface area contributed by atoms with Gasteiger partial charge in [-0.25, -0.2) is 4.98 Å². The van der Waals surface area contributed by atoms with Gasteiger partial charge in [-0.2, -0.15) is 5.11 Å². The van der Waals surface area contributed by atoms with Crippen LogP contribution >= 0.6 is 12.4 Å². The number of ether oxygens (including phenoxy) is 2. The quantitative estimate of drug-likeness (QED) is 0.269. The molecule has 0 bridgehead atoms. The van der Waals surface area contributed by atoms with Crippen LogP contribution in [-0.4, -0.2) is 24.1 Å². The Kier molecular flexibility index (Phi) is 7.96. The van der Waals surface area contributed by atoms with Crippen LogP contribution in [0.3, 0.4) is 0 Å². The van der Waals surface area contributed by atoms with E-state index in [0.29, 0.717) is 34.2 Å². The number of azo groups is 2. The van der Waals surface area contributed by atoms with E-state index in [-0.39, 0.29) is 29.7 Å². The van der Waals surface area contributed by atoms with E-state index in [0.717, 1.165) is 0 Å². The van der Waals surface area contributed by atoms with Crippen molar-refractivity contribution >= 4 is 52.5 Å². The molecule has 0 saturated carbocycles. The number of rotatable bonds is 7. The molecular weight excluding hydrogens is 440 g/mol. The molecule has 0 spiro atoms. The number of nitrogens with zero attached hydrogens (tertiary/aromatic N) is 6. The highest BCUT2D eigenvalue weighted by Gasteiger charge is 2.12. The van der Waals surface area contributed by atoms with Crippen molar-refractivity contribution in [2.75, 3.05) is 25.7 Å². The number of hydrogen-bond donors (Lipinski definition) is 2. The fourth-order valence-corrected chi connectivity index (χ4v) is 2.45. The number of anilines is 2. The molecule has 0 aliphatic carbocycles. The van der Waals surface area contributed by atoms with Gasteiger partial charge in [-0.15, -0.1) is 27.7 Å². The van der Waals surface area contributed by atoms with E-state index in [1.165, 1.54) is 38.5 Å². The number of methoxy groups -OCH3 is 2. The van der Waals surface area contributed by atoms with Crippen molar-refractivity contribution in [3.8, 4) is 11.5 Å². The molecular formula is C19H19ClN8O4. The predicted octanol–water partition coefficient (Wildman–Crippen LogP) is 5.42. The summed E-state index contributed by atoms with van der Waals surface area (Å²) in [4.78, 5) is 14.2. The first-order valence-corrected chi connectivity index (χ1v) is 8.77. The Balaban J connectivity index is 0.00000363. The monoisotopic (exact) mass is 458 g/mol. The van der Waals surface area contributed by atoms with Crippen LogP contribution in [0.4, 0.5) is 40.1 Å². The van der Waals surface area contributed by atoms with Gasteiger partial charge in [0.2, 0.25) is 0 Å². The van der Waals surface area contributed by atoms with Gasteiger partial charge in [0.1, 0.15) is 34.4 Å². The minimum atomic E-state index is -0.490. The first kappa shape index (κ1) is 24.0. The summed E-state index contributed by atoms with van der Waals surface area (Å²) >= 11 is 0. The molecule has 13 heteroatoms. The normalized spacial score (nSPS) is 10.8. The first-order valence-electron chi connectivity index (χ1n) is 8.77. The number of hydrogen-bond acceptors (Lipinski definition) is 11. The molecule has 0 unspecified atom stereocenters. The lowest BCUT2D eigenvalue weighted by Crippen LogP contribution is -1.95. The third kappa shape index (κ3) is 5.64. The Bertz CT molecular complexity index is 1170. The number of nitrogens with two attached hydrogens (primary N) is 2. The number of nitro groups is 1. The summed E-state index contributed by atoms with van der Waals surface area (Å²) in [6.07, 6.45) is 0. The molecule has 3 aromatic rings. The van der Waals surface area contributed by atoms with Gasteiger partial charge in [0.05, 0.1) is 24.8 Å². The molecule has 1 aromatic heterocycles. The Labute approximate surface area is 188 Å². The minimum Gasteiger partial charge on any atom is -0.494 e. The molecule has 1 heterocycles. The standard InChI is InChI=1S/C19H18N8O4.ClH/c1-30-16-10-15(26-24-13-7-8-18(20)22-19(13)21)17(31-2)9-14(16)25-23-11-3-5-12(6-4-11)27(28)29;/h3-10H,1-2H3,(H4,20,21,22);1H. The van der Waals surface area contributed by atoms with E-state index >= 15 is 0 Å². The highest BCUT2D eigenvalue weighted by atomic mass is 35.5. The van der Waals surface area contributed by atoms with Crippen LogP contribution < -0.4 is 20.9 Å². The molecule has 32 heavy (non-hydrogen) atoms. The molecule has 0 saturated heterocycles. The van der Waals surface area contributed by atoms with Crippen molar-refractivity contribution < 1.29 is 14.4 Å². The predicted molar refractivity (Wildman–Crippen MR) is 121 cm³/mol. The number of nitrogen functional groups attached to an aromatic ring is 2. The average molecular weight is 459 g/mol. The molecule has 166 valence electrons. The Morgan fingerprint density at radius 1 is 0.844 bits per heavy atom. The lowest BCUT2D eigenvalue weighted by atomic mass is 10.2. The number of benzene rings is 2. The van der Waals surface area contributed by atoms with Gasteiger partial charge in [0.15, 0.2) is 5.82 Å². The van der Waals surface area contributed by atoms with Crippen LogP contribution in [0.2, 0.25) is 0 Å². The zero-order valence-electron chi connectivity index (χ0n) is 17.0. The summed E-state index contributed by atoms with van der Waals surface area (Å²) in [5.41, 5.74) is 12.8. The molecule has 0 fully saturated rings. The van der Waals surface area contributed by atoms with E-state index in [1.54, 1.807) is 24.3 Å². The molecule has 12 nitrogen and oxygen atoms in total. The third-order valence-corrected chi connectivity index (χ3v) is 4.00. The van der Waals surface area contributed by atoms with Crippen LogP contribution in [-0.2, 0) is 0 Å². The van der Waals surface area contributed by atoms with Gasteiger partial charge in [-0.1, -0.05) is 0 Å². The van der Waals surface area contributed by atoms with Crippen molar-refractivity contribution in [1.82, 2.24) is 4.98 Å². The summed E-state index contributed by atoms with van der Waals surface area (Å²) in [7, 11) is 2.94. The van der Waals surface area contributed by atoms with Crippen LogP contribution in [0.15, 0.2) is 69.0 Å². The van der Waals surface area contributed by atoms with Crippen molar-refractivity contribution in [2.24, 2.45) is 20.5 Å². The Morgan fingerprint density at radius 3 is 1.88 bits per heavy atom. The number of nitro benzene ring substituents is 1. The van der Waals surface area contributed by atoms with E-state index in [9.17, 15) is 10.1 Å². The van der Waals surface area contributed by atoms with Crippen molar-refractivity contribution in [1.29, 1.82) is 0 Å². The lowest BCUT2D eigenvalue weighted by Gasteiger charge is -2.09.